The van der Waals surface area contributed by atoms with E-state index >= 15 is 0 Å². The van der Waals surface area contributed by atoms with E-state index in [9.17, 15) is 9.59 Å². The van der Waals surface area contributed by atoms with E-state index in [1.54, 1.807) is 6.20 Å². The number of carbonyl (C=O) groups is 1. The zero-order chi connectivity index (χ0) is 26.5. The molecule has 0 bridgehead atoms. The second-order valence-corrected chi connectivity index (χ2v) is 10.0. The second kappa shape index (κ2) is 15.2. The van der Waals surface area contributed by atoms with Gasteiger partial charge in [0.15, 0.2) is 0 Å². The number of carbonyl (C=O) groups excluding carboxylic acids is 1. The van der Waals surface area contributed by atoms with Crippen molar-refractivity contribution in [1.82, 2.24) is 4.98 Å². The molecule has 6 heteroatoms. The first-order valence-electron chi connectivity index (χ1n) is 13.7. The predicted octanol–water partition coefficient (Wildman–Crippen LogP) is 7.64. The van der Waals surface area contributed by atoms with Crippen molar-refractivity contribution >= 4 is 17.1 Å². The van der Waals surface area contributed by atoms with Gasteiger partial charge in [0.25, 0.3) is 0 Å². The van der Waals surface area contributed by atoms with Crippen LogP contribution in [0.15, 0.2) is 51.8 Å². The summed E-state index contributed by atoms with van der Waals surface area (Å²) in [5.74, 6) is 0.729. The van der Waals surface area contributed by atoms with E-state index in [2.05, 4.69) is 4.98 Å². The maximum atomic E-state index is 12.4. The van der Waals surface area contributed by atoms with E-state index in [1.807, 2.05) is 57.2 Å². The van der Waals surface area contributed by atoms with Crippen LogP contribution >= 0.6 is 0 Å². The molecule has 1 aromatic carbocycles. The lowest BCUT2D eigenvalue weighted by molar-refractivity contribution is -0.147. The number of unbranched alkanes of at least 4 members (excludes halogenated alkanes) is 9. The van der Waals surface area contributed by atoms with Crippen LogP contribution in [0.3, 0.4) is 0 Å². The lowest BCUT2D eigenvalue weighted by atomic mass is 10.0. The Kier molecular flexibility index (Phi) is 11.7. The Labute approximate surface area is 220 Å². The molecular formula is C31H41NO5. The van der Waals surface area contributed by atoms with Crippen molar-refractivity contribution < 1.29 is 18.7 Å². The highest BCUT2D eigenvalue weighted by Gasteiger charge is 2.10. The first-order chi connectivity index (χ1) is 18.0. The number of ether oxygens (including phenoxy) is 2. The van der Waals surface area contributed by atoms with Gasteiger partial charge in [-0.2, -0.15) is 0 Å². The van der Waals surface area contributed by atoms with E-state index in [4.69, 9.17) is 13.9 Å². The first-order valence-corrected chi connectivity index (χ1v) is 13.7. The summed E-state index contributed by atoms with van der Waals surface area (Å²) in [5.41, 5.74) is 2.32. The number of pyridine rings is 1. The molecule has 0 saturated carbocycles. The summed E-state index contributed by atoms with van der Waals surface area (Å²) >= 11 is 0. The van der Waals surface area contributed by atoms with Crippen molar-refractivity contribution in [2.75, 3.05) is 13.2 Å². The average molecular weight is 508 g/mol. The highest BCUT2D eigenvalue weighted by atomic mass is 16.5. The van der Waals surface area contributed by atoms with Gasteiger partial charge < -0.3 is 13.9 Å². The molecule has 37 heavy (non-hydrogen) atoms. The van der Waals surface area contributed by atoms with Gasteiger partial charge in [-0.15, -0.1) is 0 Å². The molecule has 0 aliphatic rings. The number of hydrogen-bond donors (Lipinski definition) is 0. The maximum Gasteiger partial charge on any atom is 0.345 e. The molecule has 0 spiro atoms. The van der Waals surface area contributed by atoms with Crippen LogP contribution in [0.1, 0.15) is 83.6 Å². The Hall–Kier alpha value is -3.15. The van der Waals surface area contributed by atoms with Crippen molar-refractivity contribution in [3.63, 3.8) is 0 Å². The van der Waals surface area contributed by atoms with Crippen LogP contribution in [0.4, 0.5) is 0 Å². The third kappa shape index (κ3) is 9.34. The number of benzene rings is 1. The second-order valence-electron chi connectivity index (χ2n) is 10.0. The Morgan fingerprint density at radius 2 is 1.54 bits per heavy atom. The molecule has 0 fully saturated rings. The monoisotopic (exact) mass is 507 g/mol. The number of fused-ring (bicyclic) bond motifs is 1. The summed E-state index contributed by atoms with van der Waals surface area (Å²) in [5, 5.41) is 0.802. The van der Waals surface area contributed by atoms with Crippen LogP contribution in [0.25, 0.3) is 22.2 Å². The normalized spacial score (nSPS) is 11.2. The van der Waals surface area contributed by atoms with Crippen molar-refractivity contribution in [3.8, 4) is 16.9 Å². The SMILES string of the molecule is Cc1cc(-c2cc3cccnc3oc2=O)ccc1OCCCCCCCCCCCCOC(=O)C(C)C. The quantitative estimate of drug-likeness (QED) is 0.146. The summed E-state index contributed by atoms with van der Waals surface area (Å²) in [6.45, 7) is 6.99. The minimum atomic E-state index is -0.386. The van der Waals surface area contributed by atoms with E-state index in [-0.39, 0.29) is 17.5 Å². The van der Waals surface area contributed by atoms with Gasteiger partial charge in [-0.25, -0.2) is 9.78 Å². The molecule has 2 heterocycles. The topological polar surface area (TPSA) is 78.6 Å². The molecule has 0 amide bonds. The van der Waals surface area contributed by atoms with Crippen molar-refractivity contribution in [3.05, 3.63) is 58.6 Å². The highest BCUT2D eigenvalue weighted by Crippen LogP contribution is 2.26. The largest absolute Gasteiger partial charge is 0.493 e. The van der Waals surface area contributed by atoms with Gasteiger partial charge in [0.1, 0.15) is 5.75 Å². The lowest BCUT2D eigenvalue weighted by Gasteiger charge is -2.11. The maximum absolute atomic E-state index is 12.4. The number of aryl methyl sites for hydroxylation is 1. The summed E-state index contributed by atoms with van der Waals surface area (Å²) in [4.78, 5) is 27.9. The fourth-order valence-electron chi connectivity index (χ4n) is 4.28. The fourth-order valence-corrected chi connectivity index (χ4v) is 4.28. The van der Waals surface area contributed by atoms with E-state index in [0.717, 1.165) is 41.5 Å². The minimum Gasteiger partial charge on any atom is -0.493 e. The van der Waals surface area contributed by atoms with Gasteiger partial charge in [0, 0.05) is 11.6 Å². The van der Waals surface area contributed by atoms with E-state index in [1.165, 1.54) is 44.9 Å². The van der Waals surface area contributed by atoms with Crippen LogP contribution in [-0.4, -0.2) is 24.2 Å². The van der Waals surface area contributed by atoms with Crippen LogP contribution in [0, 0.1) is 12.8 Å². The van der Waals surface area contributed by atoms with Crippen molar-refractivity contribution in [1.29, 1.82) is 0 Å². The number of rotatable bonds is 16. The Balaban J connectivity index is 1.26. The van der Waals surface area contributed by atoms with Gasteiger partial charge in [-0.1, -0.05) is 71.3 Å². The predicted molar refractivity (Wildman–Crippen MR) is 148 cm³/mol. The number of esters is 1. The fraction of sp³-hybridized carbons (Fsp3) is 0.516. The molecule has 0 radical (unpaired) electrons. The summed E-state index contributed by atoms with van der Waals surface area (Å²) in [6.07, 6.45) is 13.5. The van der Waals surface area contributed by atoms with E-state index < -0.39 is 0 Å². The van der Waals surface area contributed by atoms with Gasteiger partial charge in [-0.3, -0.25) is 4.79 Å². The molecule has 0 aliphatic heterocycles. The van der Waals surface area contributed by atoms with Gasteiger partial charge in [0.2, 0.25) is 5.71 Å². The molecule has 200 valence electrons. The molecule has 3 rings (SSSR count). The minimum absolute atomic E-state index is 0.0341. The van der Waals surface area contributed by atoms with Crippen molar-refractivity contribution in [2.24, 2.45) is 5.92 Å². The van der Waals surface area contributed by atoms with Crippen LogP contribution in [0.2, 0.25) is 0 Å². The average Bonchev–Trinajstić information content (AvgIpc) is 2.89. The molecule has 0 saturated heterocycles. The van der Waals surface area contributed by atoms with E-state index in [0.29, 0.717) is 24.5 Å². The number of aromatic nitrogens is 1. The zero-order valence-electron chi connectivity index (χ0n) is 22.6. The molecule has 0 atom stereocenters. The third-order valence-corrected chi connectivity index (χ3v) is 6.51. The van der Waals surface area contributed by atoms with Crippen LogP contribution < -0.4 is 10.4 Å². The number of hydrogen-bond acceptors (Lipinski definition) is 6. The molecular weight excluding hydrogens is 466 g/mol. The van der Waals surface area contributed by atoms with Crippen LogP contribution in [0.5, 0.6) is 5.75 Å². The smallest absolute Gasteiger partial charge is 0.345 e. The molecule has 0 unspecified atom stereocenters. The standard InChI is InChI=1S/C31H41NO5/c1-23(2)30(33)36-20-13-11-9-7-5-4-6-8-10-12-19-35-28-17-16-25(21-24(28)3)27-22-26-15-14-18-32-29(26)37-31(27)34/h14-18,21-23H,4-13,19-20H2,1-3H3. The number of nitrogens with zero attached hydrogens (tertiary/aromatic N) is 1. The van der Waals surface area contributed by atoms with Gasteiger partial charge in [-0.05, 0) is 61.2 Å². The lowest BCUT2D eigenvalue weighted by Crippen LogP contribution is -2.12. The summed E-state index contributed by atoms with van der Waals surface area (Å²) in [7, 11) is 0. The molecule has 3 aromatic rings. The molecule has 6 nitrogen and oxygen atoms in total. The summed E-state index contributed by atoms with van der Waals surface area (Å²) < 4.78 is 16.6. The Morgan fingerprint density at radius 3 is 2.19 bits per heavy atom. The van der Waals surface area contributed by atoms with Crippen molar-refractivity contribution in [2.45, 2.75) is 85.0 Å². The molecule has 0 N–H and O–H groups in total. The third-order valence-electron chi connectivity index (χ3n) is 6.51. The van der Waals surface area contributed by atoms with Gasteiger partial charge in [0.05, 0.1) is 24.7 Å². The molecule has 0 aliphatic carbocycles. The Morgan fingerprint density at radius 1 is 0.892 bits per heavy atom. The van der Waals surface area contributed by atoms with Crippen LogP contribution in [-0.2, 0) is 9.53 Å². The Bertz CT molecular complexity index is 1180. The zero-order valence-corrected chi connectivity index (χ0v) is 22.6. The summed E-state index contributed by atoms with van der Waals surface area (Å²) in [6, 6.07) is 11.4. The highest BCUT2D eigenvalue weighted by molar-refractivity contribution is 5.79. The molecule has 2 aromatic heterocycles. The van der Waals surface area contributed by atoms with Gasteiger partial charge >= 0.3 is 11.6 Å². The first kappa shape index (κ1) is 28.4.